The first-order valence-electron chi connectivity index (χ1n) is 6.71. The Kier molecular flexibility index (Phi) is 4.88. The first-order chi connectivity index (χ1) is 9.38. The molecule has 0 aliphatic heterocycles. The van der Waals surface area contributed by atoms with Crippen LogP contribution in [0.5, 0.6) is 5.75 Å². The minimum absolute atomic E-state index is 0.279. The van der Waals surface area contributed by atoms with Gasteiger partial charge < -0.3 is 9.47 Å². The second kappa shape index (κ2) is 6.28. The summed E-state index contributed by atoms with van der Waals surface area (Å²) in [7, 11) is -1.04. The molecule has 2 heterocycles. The molecule has 2 aromatic rings. The predicted octanol–water partition coefficient (Wildman–Crippen LogP) is 4.10. The number of fused-ring (bicyclic) bond motifs is 1. The molecule has 0 saturated carbocycles. The number of hydrogen-bond donors (Lipinski definition) is 0. The van der Waals surface area contributed by atoms with E-state index in [1.165, 1.54) is 0 Å². The molecule has 0 bridgehead atoms. The fourth-order valence-corrected chi connectivity index (χ4v) is 3.05. The van der Waals surface area contributed by atoms with E-state index in [4.69, 9.17) is 9.47 Å². The van der Waals surface area contributed by atoms with Gasteiger partial charge in [-0.2, -0.15) is 5.10 Å². The third kappa shape index (κ3) is 3.83. The minimum Gasteiger partial charge on any atom is -0.465 e. The molecule has 0 unspecified atom stereocenters. The molecule has 0 radical (unpaired) electrons. The highest BCUT2D eigenvalue weighted by molar-refractivity contribution is 9.10. The topological polar surface area (TPSA) is 35.8 Å². The van der Waals surface area contributed by atoms with Crippen LogP contribution in [0.1, 0.15) is 5.56 Å². The van der Waals surface area contributed by atoms with E-state index in [0.29, 0.717) is 0 Å². The van der Waals surface area contributed by atoms with E-state index in [-0.39, 0.29) is 6.79 Å². The first kappa shape index (κ1) is 15.5. The third-order valence-electron chi connectivity index (χ3n) is 3.04. The molecule has 4 nitrogen and oxygen atoms in total. The zero-order chi connectivity index (χ0) is 14.8. The number of rotatable bonds is 6. The van der Waals surface area contributed by atoms with E-state index >= 15 is 0 Å². The van der Waals surface area contributed by atoms with Crippen LogP contribution in [0.2, 0.25) is 25.7 Å². The number of halogens is 1. The molecule has 2 rings (SSSR count). The Hall–Kier alpha value is -0.853. The van der Waals surface area contributed by atoms with Gasteiger partial charge in [0.1, 0.15) is 5.52 Å². The van der Waals surface area contributed by atoms with E-state index in [2.05, 4.69) is 40.7 Å². The highest BCUT2D eigenvalue weighted by Crippen LogP contribution is 2.30. The van der Waals surface area contributed by atoms with Gasteiger partial charge in [0, 0.05) is 26.9 Å². The monoisotopic (exact) mass is 356 g/mol. The van der Waals surface area contributed by atoms with Gasteiger partial charge in [-0.25, -0.2) is 4.52 Å². The predicted molar refractivity (Wildman–Crippen MR) is 87.2 cm³/mol. The van der Waals surface area contributed by atoms with Crippen LogP contribution < -0.4 is 4.74 Å². The largest absolute Gasteiger partial charge is 0.465 e. The third-order valence-corrected chi connectivity index (χ3v) is 5.75. The van der Waals surface area contributed by atoms with Crippen molar-refractivity contribution in [3.63, 3.8) is 0 Å². The maximum Gasteiger partial charge on any atom is 0.189 e. The molecule has 0 aliphatic rings. The number of aromatic nitrogens is 2. The fourth-order valence-electron chi connectivity index (χ4n) is 1.81. The van der Waals surface area contributed by atoms with Gasteiger partial charge in [0.2, 0.25) is 0 Å². The summed E-state index contributed by atoms with van der Waals surface area (Å²) in [4.78, 5) is 0. The van der Waals surface area contributed by atoms with Crippen LogP contribution in [0.25, 0.3) is 5.52 Å². The average Bonchev–Trinajstić information content (AvgIpc) is 2.64. The van der Waals surface area contributed by atoms with Crippen LogP contribution >= 0.6 is 15.9 Å². The molecule has 0 spiro atoms. The summed E-state index contributed by atoms with van der Waals surface area (Å²) in [5, 5.41) is 4.27. The maximum atomic E-state index is 5.73. The molecule has 0 saturated heterocycles. The Morgan fingerprint density at radius 2 is 2.10 bits per heavy atom. The van der Waals surface area contributed by atoms with Gasteiger partial charge in [-0.05, 0) is 34.5 Å². The van der Waals surface area contributed by atoms with Crippen molar-refractivity contribution in [2.75, 3.05) is 13.4 Å². The zero-order valence-corrected chi connectivity index (χ0v) is 15.0. The lowest BCUT2D eigenvalue weighted by atomic mass is 10.3. The highest BCUT2D eigenvalue weighted by Gasteiger charge is 2.13. The Bertz CT molecular complexity index is 593. The van der Waals surface area contributed by atoms with Crippen molar-refractivity contribution in [1.29, 1.82) is 0 Å². The lowest BCUT2D eigenvalue weighted by Crippen LogP contribution is -2.22. The minimum atomic E-state index is -1.04. The second-order valence-electron chi connectivity index (χ2n) is 6.10. The molecule has 6 heteroatoms. The van der Waals surface area contributed by atoms with Gasteiger partial charge in [-0.3, -0.25) is 0 Å². The molecule has 0 fully saturated rings. The van der Waals surface area contributed by atoms with E-state index in [1.54, 1.807) is 6.20 Å². The van der Waals surface area contributed by atoms with Crippen LogP contribution in [0.15, 0.2) is 22.9 Å². The molecule has 0 aromatic carbocycles. The van der Waals surface area contributed by atoms with E-state index in [9.17, 15) is 0 Å². The van der Waals surface area contributed by atoms with Crippen LogP contribution in [0, 0.1) is 6.92 Å². The highest BCUT2D eigenvalue weighted by atomic mass is 79.9. The smallest absolute Gasteiger partial charge is 0.189 e. The van der Waals surface area contributed by atoms with E-state index < -0.39 is 8.07 Å². The Balaban J connectivity index is 1.97. The van der Waals surface area contributed by atoms with Crippen molar-refractivity contribution < 1.29 is 9.47 Å². The Labute approximate surface area is 129 Å². The van der Waals surface area contributed by atoms with Gasteiger partial charge in [0.05, 0.1) is 10.7 Å². The SMILES string of the molecule is Cc1cn2nccc(OCOCC[Si](C)(C)C)c2c1Br. The molecular weight excluding hydrogens is 336 g/mol. The first-order valence-corrected chi connectivity index (χ1v) is 11.2. The van der Waals surface area contributed by atoms with Crippen LogP contribution in [-0.4, -0.2) is 31.1 Å². The summed E-state index contributed by atoms with van der Waals surface area (Å²) in [6.45, 7) is 10.1. The molecule has 20 heavy (non-hydrogen) atoms. The standard InChI is InChI=1S/C14H21BrN2O2Si/c1-11-9-17-14(13(11)15)12(5-6-16-17)19-10-18-7-8-20(2,3)4/h5-6,9H,7-8,10H2,1-4H3. The fraction of sp³-hybridized carbons (Fsp3) is 0.500. The molecule has 2 aromatic heterocycles. The van der Waals surface area contributed by atoms with Gasteiger partial charge in [0.15, 0.2) is 12.5 Å². The molecule has 0 amide bonds. The molecular formula is C14H21BrN2O2Si. The normalized spacial score (nSPS) is 12.1. The summed E-state index contributed by atoms with van der Waals surface area (Å²) in [5.41, 5.74) is 2.08. The number of ether oxygens (including phenoxy) is 2. The van der Waals surface area contributed by atoms with Crippen molar-refractivity contribution >= 4 is 29.5 Å². The number of nitrogens with zero attached hydrogens (tertiary/aromatic N) is 2. The van der Waals surface area contributed by atoms with Crippen LogP contribution in [0.4, 0.5) is 0 Å². The summed E-state index contributed by atoms with van der Waals surface area (Å²) in [5.74, 6) is 0.785. The van der Waals surface area contributed by atoms with Crippen molar-refractivity contribution in [2.45, 2.75) is 32.6 Å². The summed E-state index contributed by atoms with van der Waals surface area (Å²) >= 11 is 3.57. The molecule has 0 atom stereocenters. The molecule has 0 aliphatic carbocycles. The van der Waals surface area contributed by atoms with E-state index in [1.807, 2.05) is 23.7 Å². The number of aryl methyl sites for hydroxylation is 1. The van der Waals surface area contributed by atoms with Gasteiger partial charge in [-0.15, -0.1) is 0 Å². The number of hydrogen-bond acceptors (Lipinski definition) is 3. The molecule has 0 N–H and O–H groups in total. The van der Waals surface area contributed by atoms with Gasteiger partial charge >= 0.3 is 0 Å². The van der Waals surface area contributed by atoms with Crippen molar-refractivity contribution in [1.82, 2.24) is 9.61 Å². The van der Waals surface area contributed by atoms with E-state index in [0.717, 1.165) is 34.0 Å². The zero-order valence-electron chi connectivity index (χ0n) is 12.4. The average molecular weight is 357 g/mol. The van der Waals surface area contributed by atoms with Crippen LogP contribution in [0.3, 0.4) is 0 Å². The Morgan fingerprint density at radius 3 is 2.80 bits per heavy atom. The van der Waals surface area contributed by atoms with Gasteiger partial charge in [-0.1, -0.05) is 19.6 Å². The van der Waals surface area contributed by atoms with Gasteiger partial charge in [0.25, 0.3) is 0 Å². The lowest BCUT2D eigenvalue weighted by Gasteiger charge is -2.15. The maximum absolute atomic E-state index is 5.73. The summed E-state index contributed by atoms with van der Waals surface area (Å²) in [6.07, 6.45) is 3.70. The lowest BCUT2D eigenvalue weighted by molar-refractivity contribution is 0.0226. The van der Waals surface area contributed by atoms with Crippen LogP contribution in [-0.2, 0) is 4.74 Å². The van der Waals surface area contributed by atoms with Crippen molar-refractivity contribution in [2.24, 2.45) is 0 Å². The summed E-state index contributed by atoms with van der Waals surface area (Å²) < 4.78 is 14.1. The molecule has 110 valence electrons. The van der Waals surface area contributed by atoms with Crippen molar-refractivity contribution in [3.05, 3.63) is 28.5 Å². The van der Waals surface area contributed by atoms with Crippen molar-refractivity contribution in [3.8, 4) is 5.75 Å². The Morgan fingerprint density at radius 1 is 1.35 bits per heavy atom. The quantitative estimate of drug-likeness (QED) is 0.444. The summed E-state index contributed by atoms with van der Waals surface area (Å²) in [6, 6.07) is 3.01. The second-order valence-corrected chi connectivity index (χ2v) is 12.5.